The van der Waals surface area contributed by atoms with Crippen molar-refractivity contribution in [1.29, 1.82) is 0 Å². The molecule has 0 bridgehead atoms. The zero-order valence-electron chi connectivity index (χ0n) is 10.4. The van der Waals surface area contributed by atoms with Crippen molar-refractivity contribution in [3.05, 3.63) is 53.9 Å². The van der Waals surface area contributed by atoms with Crippen LogP contribution in [-0.4, -0.2) is 15.5 Å². The Morgan fingerprint density at radius 2 is 2.06 bits per heavy atom. The lowest BCUT2D eigenvalue weighted by Gasteiger charge is -2.01. The maximum atomic E-state index is 11.7. The summed E-state index contributed by atoms with van der Waals surface area (Å²) < 4.78 is 1.75. The molecular formula is C14H15N3O. The molecule has 0 radical (unpaired) electrons. The molecule has 18 heavy (non-hydrogen) atoms. The van der Waals surface area contributed by atoms with Crippen LogP contribution in [0.3, 0.4) is 0 Å². The minimum Gasteiger partial charge on any atom is -0.320 e. The number of nitrogens with zero attached hydrogens (tertiary/aromatic N) is 2. The molecule has 0 spiro atoms. The van der Waals surface area contributed by atoms with Gasteiger partial charge < -0.3 is 4.57 Å². The summed E-state index contributed by atoms with van der Waals surface area (Å²) >= 11 is 0. The first-order valence-electron chi connectivity index (χ1n) is 5.68. The Balaban J connectivity index is 1.99. The zero-order chi connectivity index (χ0) is 13.0. The summed E-state index contributed by atoms with van der Waals surface area (Å²) in [5.74, 6) is 0.346. The number of rotatable bonds is 3. The molecule has 1 heterocycles. The highest BCUT2D eigenvalue weighted by atomic mass is 16.1. The lowest BCUT2D eigenvalue weighted by Crippen LogP contribution is -2.11. The van der Waals surface area contributed by atoms with Crippen molar-refractivity contribution >= 4 is 17.9 Å². The predicted octanol–water partition coefficient (Wildman–Crippen LogP) is 2.38. The summed E-state index contributed by atoms with van der Waals surface area (Å²) in [6, 6.07) is 7.96. The van der Waals surface area contributed by atoms with E-state index >= 15 is 0 Å². The van der Waals surface area contributed by atoms with E-state index in [2.05, 4.69) is 10.3 Å². The van der Waals surface area contributed by atoms with E-state index in [9.17, 15) is 4.79 Å². The van der Waals surface area contributed by atoms with E-state index in [0.717, 1.165) is 5.56 Å². The Hall–Kier alpha value is -2.36. The summed E-state index contributed by atoms with van der Waals surface area (Å²) in [6.07, 6.45) is 6.69. The second kappa shape index (κ2) is 5.31. The molecule has 4 heteroatoms. The third-order valence-electron chi connectivity index (χ3n) is 2.56. The van der Waals surface area contributed by atoms with E-state index in [-0.39, 0.29) is 5.91 Å². The fourth-order valence-corrected chi connectivity index (χ4v) is 1.49. The SMILES string of the molecule is Cc1ccc(/C=C/C(=O)Nc2nccn2C)cc1. The molecule has 0 saturated carbocycles. The molecule has 1 aromatic carbocycles. The van der Waals surface area contributed by atoms with Crippen LogP contribution in [0.1, 0.15) is 11.1 Å². The van der Waals surface area contributed by atoms with Gasteiger partial charge in [-0.15, -0.1) is 0 Å². The van der Waals surface area contributed by atoms with Crippen LogP contribution in [0.25, 0.3) is 6.08 Å². The molecule has 2 rings (SSSR count). The van der Waals surface area contributed by atoms with Crippen molar-refractivity contribution in [3.63, 3.8) is 0 Å². The minimum absolute atomic E-state index is 0.190. The van der Waals surface area contributed by atoms with Crippen LogP contribution >= 0.6 is 0 Å². The summed E-state index contributed by atoms with van der Waals surface area (Å²) in [7, 11) is 1.83. The first kappa shape index (κ1) is 12.1. The van der Waals surface area contributed by atoms with E-state index in [1.165, 1.54) is 11.6 Å². The number of amides is 1. The van der Waals surface area contributed by atoms with E-state index in [1.807, 2.05) is 38.2 Å². The number of aryl methyl sites for hydroxylation is 2. The van der Waals surface area contributed by atoms with Gasteiger partial charge in [0.2, 0.25) is 5.95 Å². The molecule has 0 aliphatic heterocycles. The monoisotopic (exact) mass is 241 g/mol. The first-order valence-corrected chi connectivity index (χ1v) is 5.68. The van der Waals surface area contributed by atoms with Gasteiger partial charge in [-0.25, -0.2) is 4.98 Å². The van der Waals surface area contributed by atoms with Gasteiger partial charge in [-0.3, -0.25) is 10.1 Å². The standard InChI is InChI=1S/C14H15N3O/c1-11-3-5-12(6-4-11)7-8-13(18)16-14-15-9-10-17(14)2/h3-10H,1-2H3,(H,15,16,18)/b8-7+. The number of anilines is 1. The van der Waals surface area contributed by atoms with Gasteiger partial charge in [0, 0.05) is 25.5 Å². The lowest BCUT2D eigenvalue weighted by molar-refractivity contribution is -0.111. The Morgan fingerprint density at radius 3 is 2.67 bits per heavy atom. The van der Waals surface area contributed by atoms with Crippen LogP contribution in [0.15, 0.2) is 42.7 Å². The fourth-order valence-electron chi connectivity index (χ4n) is 1.49. The molecule has 0 aliphatic rings. The van der Waals surface area contributed by atoms with E-state index < -0.39 is 0 Å². The lowest BCUT2D eigenvalue weighted by atomic mass is 10.1. The fraction of sp³-hybridized carbons (Fsp3) is 0.143. The zero-order valence-corrected chi connectivity index (χ0v) is 10.4. The van der Waals surface area contributed by atoms with Gasteiger partial charge in [-0.1, -0.05) is 29.8 Å². The highest BCUT2D eigenvalue weighted by molar-refractivity contribution is 6.00. The number of aromatic nitrogens is 2. The molecule has 4 nitrogen and oxygen atoms in total. The number of benzene rings is 1. The number of carbonyl (C=O) groups is 1. The van der Waals surface area contributed by atoms with E-state index in [4.69, 9.17) is 0 Å². The normalized spacial score (nSPS) is 10.8. The predicted molar refractivity (Wildman–Crippen MR) is 72.1 cm³/mol. The third-order valence-corrected chi connectivity index (χ3v) is 2.56. The van der Waals surface area contributed by atoms with Crippen LogP contribution in [0.5, 0.6) is 0 Å². The topological polar surface area (TPSA) is 46.9 Å². The van der Waals surface area contributed by atoms with Gasteiger partial charge in [0.1, 0.15) is 0 Å². The second-order valence-corrected chi connectivity index (χ2v) is 4.10. The molecule has 0 atom stereocenters. The molecule has 1 N–H and O–H groups in total. The van der Waals surface area contributed by atoms with Crippen LogP contribution < -0.4 is 5.32 Å². The Kier molecular flexibility index (Phi) is 3.57. The largest absolute Gasteiger partial charge is 0.320 e. The van der Waals surface area contributed by atoms with Crippen LogP contribution in [-0.2, 0) is 11.8 Å². The quantitative estimate of drug-likeness (QED) is 0.839. The minimum atomic E-state index is -0.190. The molecule has 1 aromatic heterocycles. The molecule has 0 fully saturated rings. The number of hydrogen-bond acceptors (Lipinski definition) is 2. The number of hydrogen-bond donors (Lipinski definition) is 1. The molecule has 0 saturated heterocycles. The number of nitrogens with one attached hydrogen (secondary N) is 1. The van der Waals surface area contributed by atoms with Gasteiger partial charge in [-0.05, 0) is 18.6 Å². The summed E-state index contributed by atoms with van der Waals surface area (Å²) in [4.78, 5) is 15.7. The van der Waals surface area contributed by atoms with Gasteiger partial charge in [0.15, 0.2) is 0 Å². The Bertz CT molecular complexity index is 567. The van der Waals surface area contributed by atoms with Gasteiger partial charge >= 0.3 is 0 Å². The summed E-state index contributed by atoms with van der Waals surface area (Å²) in [5, 5.41) is 2.70. The van der Waals surface area contributed by atoms with Crippen LogP contribution in [0, 0.1) is 6.92 Å². The van der Waals surface area contributed by atoms with E-state index in [0.29, 0.717) is 5.95 Å². The Labute approximate surface area is 106 Å². The van der Waals surface area contributed by atoms with Crippen molar-refractivity contribution in [2.24, 2.45) is 7.05 Å². The second-order valence-electron chi connectivity index (χ2n) is 4.10. The first-order chi connectivity index (χ1) is 8.65. The van der Waals surface area contributed by atoms with Crippen molar-refractivity contribution in [2.75, 3.05) is 5.32 Å². The highest BCUT2D eigenvalue weighted by Gasteiger charge is 2.01. The van der Waals surface area contributed by atoms with E-state index in [1.54, 1.807) is 23.0 Å². The summed E-state index contributed by atoms with van der Waals surface area (Å²) in [5.41, 5.74) is 2.19. The van der Waals surface area contributed by atoms with Crippen molar-refractivity contribution in [3.8, 4) is 0 Å². The average molecular weight is 241 g/mol. The van der Waals surface area contributed by atoms with Gasteiger partial charge in [0.25, 0.3) is 5.91 Å². The number of carbonyl (C=O) groups excluding carboxylic acids is 1. The summed E-state index contributed by atoms with van der Waals surface area (Å²) in [6.45, 7) is 2.03. The molecule has 92 valence electrons. The van der Waals surface area contributed by atoms with Crippen molar-refractivity contribution < 1.29 is 4.79 Å². The molecule has 0 aliphatic carbocycles. The Morgan fingerprint density at radius 1 is 1.33 bits per heavy atom. The van der Waals surface area contributed by atoms with Gasteiger partial charge in [0.05, 0.1) is 0 Å². The van der Waals surface area contributed by atoms with Gasteiger partial charge in [-0.2, -0.15) is 0 Å². The van der Waals surface area contributed by atoms with Crippen molar-refractivity contribution in [2.45, 2.75) is 6.92 Å². The third kappa shape index (κ3) is 3.07. The highest BCUT2D eigenvalue weighted by Crippen LogP contribution is 2.06. The molecular weight excluding hydrogens is 226 g/mol. The molecule has 0 unspecified atom stereocenters. The number of imidazole rings is 1. The van der Waals surface area contributed by atoms with Crippen LogP contribution in [0.4, 0.5) is 5.95 Å². The molecule has 2 aromatic rings. The average Bonchev–Trinajstić information content (AvgIpc) is 2.74. The van der Waals surface area contributed by atoms with Crippen molar-refractivity contribution in [1.82, 2.24) is 9.55 Å². The molecule has 1 amide bonds. The van der Waals surface area contributed by atoms with Crippen LogP contribution in [0.2, 0.25) is 0 Å². The maximum Gasteiger partial charge on any atom is 0.250 e. The smallest absolute Gasteiger partial charge is 0.250 e. The maximum absolute atomic E-state index is 11.7.